The minimum atomic E-state index is -0.0602. The van der Waals surface area contributed by atoms with Gasteiger partial charge in [0.15, 0.2) is 11.5 Å². The summed E-state index contributed by atoms with van der Waals surface area (Å²) in [6, 6.07) is 5.86. The van der Waals surface area contributed by atoms with Gasteiger partial charge in [-0.25, -0.2) is 0 Å². The molecule has 5 N–H and O–H groups in total. The quantitative estimate of drug-likeness (QED) is 0.599. The second-order valence-corrected chi connectivity index (χ2v) is 4.78. The Bertz CT molecular complexity index is 374. The van der Waals surface area contributed by atoms with E-state index in [0.717, 1.165) is 31.2 Å². The predicted octanol–water partition coefficient (Wildman–Crippen LogP) is 1.46. The molecule has 0 saturated heterocycles. The highest BCUT2D eigenvalue weighted by molar-refractivity contribution is 5.44. The lowest BCUT2D eigenvalue weighted by molar-refractivity contribution is 0.338. The summed E-state index contributed by atoms with van der Waals surface area (Å²) in [6.45, 7) is 0.583. The summed E-state index contributed by atoms with van der Waals surface area (Å²) in [5, 5.41) is 22.4. The van der Waals surface area contributed by atoms with Crippen molar-refractivity contribution in [1.29, 1.82) is 0 Å². The number of nitrogens with one attached hydrogen (secondary N) is 1. The number of hydrogen-bond acceptors (Lipinski definition) is 4. The Labute approximate surface area is 101 Å². The zero-order valence-corrected chi connectivity index (χ0v) is 9.89. The Balaban J connectivity index is 1.87. The van der Waals surface area contributed by atoms with Crippen molar-refractivity contribution in [1.82, 2.24) is 5.32 Å². The van der Waals surface area contributed by atoms with Crippen LogP contribution in [0.1, 0.15) is 31.2 Å². The molecular weight excluding hydrogens is 216 g/mol. The van der Waals surface area contributed by atoms with E-state index in [4.69, 9.17) is 5.73 Å². The maximum atomic E-state index is 9.66. The number of phenolic OH excluding ortho intramolecular Hbond substituents is 2. The van der Waals surface area contributed by atoms with Crippen molar-refractivity contribution in [3.05, 3.63) is 23.8 Å². The van der Waals surface area contributed by atoms with E-state index in [2.05, 4.69) is 5.32 Å². The van der Waals surface area contributed by atoms with Crippen molar-refractivity contribution in [2.75, 3.05) is 0 Å². The van der Waals surface area contributed by atoms with Crippen LogP contribution in [0.4, 0.5) is 0 Å². The van der Waals surface area contributed by atoms with Crippen LogP contribution in [0.15, 0.2) is 18.2 Å². The van der Waals surface area contributed by atoms with E-state index in [-0.39, 0.29) is 11.5 Å². The van der Waals surface area contributed by atoms with Gasteiger partial charge < -0.3 is 21.3 Å². The third-order valence-corrected chi connectivity index (χ3v) is 3.45. The van der Waals surface area contributed by atoms with Crippen LogP contribution in [0.3, 0.4) is 0 Å². The number of benzene rings is 1. The van der Waals surface area contributed by atoms with Crippen molar-refractivity contribution in [3.8, 4) is 11.5 Å². The van der Waals surface area contributed by atoms with Crippen LogP contribution in [0.5, 0.6) is 11.5 Å². The molecule has 0 radical (unpaired) electrons. The summed E-state index contributed by atoms with van der Waals surface area (Å²) in [5.74, 6) is -0.0810. The minimum absolute atomic E-state index is 0.0208. The molecule has 1 aromatic carbocycles. The molecule has 1 saturated carbocycles. The first-order valence-corrected chi connectivity index (χ1v) is 6.15. The second kappa shape index (κ2) is 5.38. The lowest BCUT2D eigenvalue weighted by atomic mass is 9.92. The van der Waals surface area contributed by atoms with Crippen LogP contribution in [0, 0.1) is 0 Å². The van der Waals surface area contributed by atoms with Gasteiger partial charge in [-0.05, 0) is 31.7 Å². The second-order valence-electron chi connectivity index (χ2n) is 4.78. The fraction of sp³-hybridized carbons (Fsp3) is 0.538. The summed E-state index contributed by atoms with van der Waals surface area (Å²) in [7, 11) is 0. The Kier molecular flexibility index (Phi) is 3.86. The van der Waals surface area contributed by atoms with Crippen molar-refractivity contribution < 1.29 is 10.2 Å². The van der Waals surface area contributed by atoms with E-state index in [9.17, 15) is 10.2 Å². The van der Waals surface area contributed by atoms with Gasteiger partial charge in [0.25, 0.3) is 0 Å². The summed E-state index contributed by atoms with van der Waals surface area (Å²) in [4.78, 5) is 0. The largest absolute Gasteiger partial charge is 0.504 e. The van der Waals surface area contributed by atoms with E-state index in [1.807, 2.05) is 6.07 Å². The number of para-hydroxylation sites is 1. The predicted molar refractivity (Wildman–Crippen MR) is 66.8 cm³/mol. The highest BCUT2D eigenvalue weighted by Crippen LogP contribution is 2.28. The van der Waals surface area contributed by atoms with E-state index in [1.54, 1.807) is 6.07 Å². The maximum absolute atomic E-state index is 9.66. The van der Waals surface area contributed by atoms with Gasteiger partial charge >= 0.3 is 0 Å². The van der Waals surface area contributed by atoms with Gasteiger partial charge in [-0.15, -0.1) is 0 Å². The molecule has 0 amide bonds. The molecule has 0 heterocycles. The van der Waals surface area contributed by atoms with Gasteiger partial charge in [0.2, 0.25) is 0 Å². The molecule has 17 heavy (non-hydrogen) atoms. The minimum Gasteiger partial charge on any atom is -0.504 e. The van der Waals surface area contributed by atoms with Crippen molar-refractivity contribution in [2.24, 2.45) is 5.73 Å². The fourth-order valence-corrected chi connectivity index (χ4v) is 2.30. The van der Waals surface area contributed by atoms with Gasteiger partial charge in [-0.1, -0.05) is 12.1 Å². The molecule has 2 rings (SSSR count). The molecule has 1 fully saturated rings. The van der Waals surface area contributed by atoms with Crippen LogP contribution in [0.25, 0.3) is 0 Å². The first-order chi connectivity index (χ1) is 8.16. The zero-order chi connectivity index (χ0) is 12.3. The lowest BCUT2D eigenvalue weighted by Crippen LogP contribution is -2.37. The molecule has 1 aromatic rings. The molecule has 0 aliphatic heterocycles. The molecule has 1 aliphatic rings. The zero-order valence-electron chi connectivity index (χ0n) is 9.89. The Morgan fingerprint density at radius 2 is 1.88 bits per heavy atom. The van der Waals surface area contributed by atoms with Gasteiger partial charge in [0, 0.05) is 24.2 Å². The average Bonchev–Trinajstić information content (AvgIpc) is 2.33. The average molecular weight is 236 g/mol. The van der Waals surface area contributed by atoms with Gasteiger partial charge in [-0.3, -0.25) is 0 Å². The molecule has 0 unspecified atom stereocenters. The van der Waals surface area contributed by atoms with Crippen molar-refractivity contribution >= 4 is 0 Å². The number of hydrogen-bond donors (Lipinski definition) is 4. The third kappa shape index (κ3) is 3.11. The smallest absolute Gasteiger partial charge is 0.161 e. The molecule has 0 atom stereocenters. The van der Waals surface area contributed by atoms with Gasteiger partial charge in [-0.2, -0.15) is 0 Å². The van der Waals surface area contributed by atoms with E-state index < -0.39 is 0 Å². The van der Waals surface area contributed by atoms with E-state index in [0.29, 0.717) is 18.6 Å². The first kappa shape index (κ1) is 12.2. The maximum Gasteiger partial charge on any atom is 0.161 e. The number of phenols is 2. The monoisotopic (exact) mass is 236 g/mol. The number of rotatable bonds is 3. The topological polar surface area (TPSA) is 78.5 Å². The SMILES string of the molecule is NC1CCC(NCc2cccc(O)c2O)CC1. The lowest BCUT2D eigenvalue weighted by Gasteiger charge is -2.27. The first-order valence-electron chi connectivity index (χ1n) is 6.15. The molecule has 4 heteroatoms. The van der Waals surface area contributed by atoms with Crippen LogP contribution in [0.2, 0.25) is 0 Å². The molecule has 0 aromatic heterocycles. The van der Waals surface area contributed by atoms with Gasteiger partial charge in [0.05, 0.1) is 0 Å². The third-order valence-electron chi connectivity index (χ3n) is 3.45. The van der Waals surface area contributed by atoms with Crippen LogP contribution in [-0.2, 0) is 6.54 Å². The summed E-state index contributed by atoms with van der Waals surface area (Å²) < 4.78 is 0. The molecule has 4 nitrogen and oxygen atoms in total. The highest BCUT2D eigenvalue weighted by Gasteiger charge is 2.18. The van der Waals surface area contributed by atoms with Gasteiger partial charge in [0.1, 0.15) is 0 Å². The standard InChI is InChI=1S/C13H20N2O2/c14-10-4-6-11(7-5-10)15-8-9-2-1-3-12(16)13(9)17/h1-3,10-11,15-17H,4-8,14H2. The Morgan fingerprint density at radius 3 is 2.59 bits per heavy atom. The number of aromatic hydroxyl groups is 2. The van der Waals surface area contributed by atoms with Crippen LogP contribution >= 0.6 is 0 Å². The number of nitrogens with two attached hydrogens (primary N) is 1. The summed E-state index contributed by atoms with van der Waals surface area (Å²) in [5.41, 5.74) is 6.58. The van der Waals surface area contributed by atoms with Crippen LogP contribution < -0.4 is 11.1 Å². The van der Waals surface area contributed by atoms with Crippen molar-refractivity contribution in [2.45, 2.75) is 44.3 Å². The fourth-order valence-electron chi connectivity index (χ4n) is 2.30. The normalized spacial score (nSPS) is 24.8. The molecular formula is C13H20N2O2. The highest BCUT2D eigenvalue weighted by atomic mass is 16.3. The van der Waals surface area contributed by atoms with E-state index >= 15 is 0 Å². The summed E-state index contributed by atoms with van der Waals surface area (Å²) >= 11 is 0. The molecule has 1 aliphatic carbocycles. The molecule has 0 spiro atoms. The molecule has 94 valence electrons. The van der Waals surface area contributed by atoms with Crippen LogP contribution in [-0.4, -0.2) is 22.3 Å². The van der Waals surface area contributed by atoms with E-state index in [1.165, 1.54) is 6.07 Å². The molecule has 0 bridgehead atoms. The Hall–Kier alpha value is -1.26. The Morgan fingerprint density at radius 1 is 1.18 bits per heavy atom. The van der Waals surface area contributed by atoms with Crippen molar-refractivity contribution in [3.63, 3.8) is 0 Å². The summed E-state index contributed by atoms with van der Waals surface area (Å²) in [6.07, 6.45) is 4.29.